The van der Waals surface area contributed by atoms with Crippen LogP contribution in [-0.4, -0.2) is 18.3 Å². The summed E-state index contributed by atoms with van der Waals surface area (Å²) in [6.45, 7) is 14.6. The number of halogens is 11. The standard InChI is InChI=1S/C14H6F5N.C13H15BFNO2.C7H3BrF4/c15-12-4-1-8(7-20)5-11(12)10-3-2-9(6-13(10)16)14(17,18)19;1-12(2)13(3,4)18-14(17-12)10-8-9(16-5)6-7-11(10)15;8-5-2-1-4(3-6(5)9)7(10,11)12/h1-6H;6-8H,1-4H3;1-3H. The van der Waals surface area contributed by atoms with Crippen LogP contribution in [-0.2, 0) is 21.7 Å². The first-order valence-electron chi connectivity index (χ1n) is 14.1. The van der Waals surface area contributed by atoms with Gasteiger partial charge in [-0.2, -0.15) is 31.6 Å². The Morgan fingerprint density at radius 1 is 0.680 bits per heavy atom. The molecule has 0 saturated carbocycles. The van der Waals surface area contributed by atoms with Crippen molar-refractivity contribution in [3.8, 4) is 17.2 Å². The zero-order valence-electron chi connectivity index (χ0n) is 26.4. The van der Waals surface area contributed by atoms with E-state index in [2.05, 4.69) is 20.8 Å². The highest BCUT2D eigenvalue weighted by Gasteiger charge is 2.52. The van der Waals surface area contributed by atoms with Crippen molar-refractivity contribution in [1.29, 1.82) is 5.26 Å². The molecule has 0 amide bonds. The van der Waals surface area contributed by atoms with E-state index in [0.29, 0.717) is 23.9 Å². The van der Waals surface area contributed by atoms with E-state index in [-0.39, 0.29) is 26.6 Å². The minimum absolute atomic E-state index is 0.0236. The minimum atomic E-state index is -4.67. The van der Waals surface area contributed by atoms with Gasteiger partial charge in [-0.25, -0.2) is 22.4 Å². The zero-order chi connectivity index (χ0) is 37.8. The summed E-state index contributed by atoms with van der Waals surface area (Å²) in [4.78, 5) is 3.29. The SMILES string of the molecule is Fc1cc(C(F)(F)F)ccc1Br.N#Cc1ccc(F)c(-c2ccc(C(F)(F)F)cc2F)c1.[C-]#[N+]c1ccc(F)c(B2OC(C)(C)C(C)(C)O2)c1. The molecule has 4 aromatic carbocycles. The lowest BCUT2D eigenvalue weighted by molar-refractivity contribution is -0.138. The molecule has 0 aliphatic carbocycles. The van der Waals surface area contributed by atoms with E-state index >= 15 is 0 Å². The zero-order valence-corrected chi connectivity index (χ0v) is 28.0. The Bertz CT molecular complexity index is 1930. The predicted molar refractivity (Wildman–Crippen MR) is 169 cm³/mol. The lowest BCUT2D eigenvalue weighted by Gasteiger charge is -2.32. The minimum Gasteiger partial charge on any atom is -0.399 e. The molecular weight excluding hydrogens is 749 g/mol. The molecule has 262 valence electrons. The van der Waals surface area contributed by atoms with Gasteiger partial charge in [-0.3, -0.25) is 0 Å². The summed E-state index contributed by atoms with van der Waals surface area (Å²) in [6.07, 6.45) is -9.16. The monoisotopic (exact) mass is 772 g/mol. The number of hydrogen-bond acceptors (Lipinski definition) is 3. The summed E-state index contributed by atoms with van der Waals surface area (Å²) in [6, 6.07) is 13.3. The summed E-state index contributed by atoms with van der Waals surface area (Å²) in [5, 5.41) is 8.70. The second-order valence-electron chi connectivity index (χ2n) is 11.5. The lowest BCUT2D eigenvalue weighted by atomic mass is 9.78. The van der Waals surface area contributed by atoms with E-state index in [1.54, 1.807) is 6.07 Å². The summed E-state index contributed by atoms with van der Waals surface area (Å²) < 4.78 is 138. The van der Waals surface area contributed by atoms with Crippen LogP contribution in [0.4, 0.5) is 49.6 Å². The van der Waals surface area contributed by atoms with Gasteiger partial charge < -0.3 is 9.31 Å². The fourth-order valence-corrected chi connectivity index (χ4v) is 4.38. The van der Waals surface area contributed by atoms with Crippen molar-refractivity contribution in [2.45, 2.75) is 51.2 Å². The maximum absolute atomic E-state index is 13.8. The molecule has 4 aromatic rings. The molecule has 1 aliphatic heterocycles. The van der Waals surface area contributed by atoms with Gasteiger partial charge in [0.2, 0.25) is 0 Å². The van der Waals surface area contributed by atoms with Gasteiger partial charge in [0.25, 0.3) is 0 Å². The quantitative estimate of drug-likeness (QED) is 0.116. The summed E-state index contributed by atoms with van der Waals surface area (Å²) in [5.74, 6) is -3.35. The van der Waals surface area contributed by atoms with Crippen LogP contribution < -0.4 is 5.46 Å². The molecule has 4 nitrogen and oxygen atoms in total. The third-order valence-electron chi connectivity index (χ3n) is 7.54. The normalized spacial score (nSPS) is 14.8. The molecule has 0 radical (unpaired) electrons. The van der Waals surface area contributed by atoms with Crippen LogP contribution in [0.2, 0.25) is 0 Å². The second-order valence-corrected chi connectivity index (χ2v) is 12.4. The number of nitriles is 1. The van der Waals surface area contributed by atoms with Crippen molar-refractivity contribution >= 4 is 34.2 Å². The molecule has 50 heavy (non-hydrogen) atoms. The first kappa shape index (κ1) is 40.1. The van der Waals surface area contributed by atoms with Crippen molar-refractivity contribution in [3.05, 3.63) is 129 Å². The van der Waals surface area contributed by atoms with Gasteiger partial charge in [-0.1, -0.05) is 18.2 Å². The maximum atomic E-state index is 13.8. The van der Waals surface area contributed by atoms with Crippen molar-refractivity contribution in [1.82, 2.24) is 0 Å². The van der Waals surface area contributed by atoms with E-state index in [1.807, 2.05) is 27.7 Å². The van der Waals surface area contributed by atoms with Crippen LogP contribution >= 0.6 is 15.9 Å². The average Bonchev–Trinajstić information content (AvgIpc) is 3.24. The number of hydrogen-bond donors (Lipinski definition) is 0. The molecule has 5 rings (SSSR count). The summed E-state index contributed by atoms with van der Waals surface area (Å²) in [5.41, 5.74) is -3.01. The Labute approximate surface area is 289 Å². The van der Waals surface area contributed by atoms with Crippen LogP contribution in [0.1, 0.15) is 44.4 Å². The van der Waals surface area contributed by atoms with Crippen LogP contribution in [0, 0.1) is 41.2 Å². The van der Waals surface area contributed by atoms with Gasteiger partial charge >= 0.3 is 19.5 Å². The molecule has 0 atom stereocenters. The number of rotatable bonds is 2. The van der Waals surface area contributed by atoms with Crippen molar-refractivity contribution in [2.75, 3.05) is 0 Å². The van der Waals surface area contributed by atoms with Gasteiger partial charge in [0.15, 0.2) is 5.69 Å². The van der Waals surface area contributed by atoms with Gasteiger partial charge in [0, 0.05) is 16.6 Å². The highest BCUT2D eigenvalue weighted by atomic mass is 79.9. The highest BCUT2D eigenvalue weighted by Crippen LogP contribution is 2.37. The van der Waals surface area contributed by atoms with E-state index in [0.717, 1.165) is 30.3 Å². The fraction of sp³-hybridized carbons (Fsp3) is 0.235. The Morgan fingerprint density at radius 2 is 1.20 bits per heavy atom. The van der Waals surface area contributed by atoms with E-state index in [9.17, 15) is 43.9 Å². The average molecular weight is 773 g/mol. The Morgan fingerprint density at radius 3 is 1.68 bits per heavy atom. The second kappa shape index (κ2) is 15.3. The van der Waals surface area contributed by atoms with Crippen LogP contribution in [0.3, 0.4) is 0 Å². The lowest BCUT2D eigenvalue weighted by Crippen LogP contribution is -2.41. The van der Waals surface area contributed by atoms with Gasteiger partial charge in [-0.15, -0.1) is 0 Å². The molecule has 1 heterocycles. The first-order chi connectivity index (χ1) is 23.0. The Balaban J connectivity index is 0.000000209. The molecule has 16 heteroatoms. The third kappa shape index (κ3) is 9.65. The highest BCUT2D eigenvalue weighted by molar-refractivity contribution is 9.10. The van der Waals surface area contributed by atoms with Crippen molar-refractivity contribution in [3.63, 3.8) is 0 Å². The number of nitrogens with zero attached hydrogens (tertiary/aromatic N) is 2. The van der Waals surface area contributed by atoms with E-state index in [1.165, 1.54) is 24.3 Å². The predicted octanol–water partition coefficient (Wildman–Crippen LogP) is 10.8. The molecule has 0 aromatic heterocycles. The fourth-order valence-electron chi connectivity index (χ4n) is 4.13. The molecule has 0 N–H and O–H groups in total. The third-order valence-corrected chi connectivity index (χ3v) is 8.19. The van der Waals surface area contributed by atoms with Crippen molar-refractivity contribution in [2.24, 2.45) is 0 Å². The maximum Gasteiger partial charge on any atom is 0.496 e. The summed E-state index contributed by atoms with van der Waals surface area (Å²) in [7, 11) is -0.767. The molecule has 0 unspecified atom stereocenters. The van der Waals surface area contributed by atoms with Gasteiger partial charge in [0.1, 0.15) is 23.3 Å². The number of benzene rings is 4. The summed E-state index contributed by atoms with van der Waals surface area (Å²) >= 11 is 2.75. The topological polar surface area (TPSA) is 46.6 Å². The van der Waals surface area contributed by atoms with Crippen LogP contribution in [0.15, 0.2) is 77.3 Å². The Kier molecular flexibility index (Phi) is 12.2. The molecular formula is C34H24BBrF10N2O2. The van der Waals surface area contributed by atoms with Crippen LogP contribution in [0.25, 0.3) is 16.0 Å². The molecule has 1 aliphatic rings. The molecule has 0 bridgehead atoms. The largest absolute Gasteiger partial charge is 0.496 e. The van der Waals surface area contributed by atoms with Crippen LogP contribution in [0.5, 0.6) is 0 Å². The molecule has 1 saturated heterocycles. The Hall–Kier alpha value is -4.38. The molecule has 1 fully saturated rings. The van der Waals surface area contributed by atoms with Crippen molar-refractivity contribution < 1.29 is 53.2 Å². The molecule has 0 spiro atoms. The van der Waals surface area contributed by atoms with Gasteiger partial charge in [-0.05, 0) is 98.2 Å². The smallest absolute Gasteiger partial charge is 0.399 e. The first-order valence-corrected chi connectivity index (χ1v) is 14.9. The number of alkyl halides is 6. The van der Waals surface area contributed by atoms with E-state index in [4.69, 9.17) is 21.1 Å². The van der Waals surface area contributed by atoms with Gasteiger partial charge in [0.05, 0.1) is 45.0 Å². The van der Waals surface area contributed by atoms with E-state index < -0.39 is 65.1 Å².